The van der Waals surface area contributed by atoms with Gasteiger partial charge in [-0.2, -0.15) is 0 Å². The SMILES string of the molecule is COc1ccc2oc(C(C)NC(=O)[C@H]3NCCO[C@@H]3C)c(C)c2c1.Cl. The first-order chi connectivity index (χ1) is 11.5. The van der Waals surface area contributed by atoms with Crippen LogP contribution in [0, 0.1) is 6.92 Å². The van der Waals surface area contributed by atoms with E-state index in [9.17, 15) is 4.79 Å². The van der Waals surface area contributed by atoms with Gasteiger partial charge in [0.1, 0.15) is 23.1 Å². The lowest BCUT2D eigenvalue weighted by molar-refractivity contribution is -0.129. The number of hydrogen-bond donors (Lipinski definition) is 2. The summed E-state index contributed by atoms with van der Waals surface area (Å²) in [6, 6.07) is 5.13. The normalized spacial score (nSPS) is 21.4. The van der Waals surface area contributed by atoms with Gasteiger partial charge in [0.05, 0.1) is 25.9 Å². The van der Waals surface area contributed by atoms with E-state index in [-0.39, 0.29) is 36.5 Å². The maximum atomic E-state index is 12.5. The van der Waals surface area contributed by atoms with Gasteiger partial charge in [0.2, 0.25) is 5.91 Å². The van der Waals surface area contributed by atoms with Crippen molar-refractivity contribution in [2.24, 2.45) is 0 Å². The number of fused-ring (bicyclic) bond motifs is 1. The molecule has 0 saturated carbocycles. The third kappa shape index (κ3) is 3.92. The van der Waals surface area contributed by atoms with Crippen molar-refractivity contribution in [3.63, 3.8) is 0 Å². The Kier molecular flexibility index (Phi) is 6.32. The Morgan fingerprint density at radius 3 is 2.88 bits per heavy atom. The van der Waals surface area contributed by atoms with Crippen molar-refractivity contribution < 1.29 is 18.7 Å². The lowest BCUT2D eigenvalue weighted by atomic mass is 10.1. The maximum Gasteiger partial charge on any atom is 0.240 e. The summed E-state index contributed by atoms with van der Waals surface area (Å²) >= 11 is 0. The number of aryl methyl sites for hydroxylation is 1. The van der Waals surface area contributed by atoms with Crippen molar-refractivity contribution in [2.45, 2.75) is 39.0 Å². The first-order valence-electron chi connectivity index (χ1n) is 8.23. The third-order valence-corrected chi connectivity index (χ3v) is 4.53. The van der Waals surface area contributed by atoms with Crippen LogP contribution in [-0.4, -0.2) is 38.3 Å². The lowest BCUT2D eigenvalue weighted by Crippen LogP contribution is -2.55. The summed E-state index contributed by atoms with van der Waals surface area (Å²) < 4.78 is 16.8. The molecule has 0 aliphatic carbocycles. The quantitative estimate of drug-likeness (QED) is 0.868. The van der Waals surface area contributed by atoms with E-state index in [2.05, 4.69) is 10.6 Å². The summed E-state index contributed by atoms with van der Waals surface area (Å²) in [4.78, 5) is 12.5. The molecule has 2 heterocycles. The minimum absolute atomic E-state index is 0. The monoisotopic (exact) mass is 368 g/mol. The standard InChI is InChI=1S/C18H24N2O4.ClH/c1-10-14-9-13(22-4)5-6-15(14)24-17(10)11(2)20-18(21)16-12(3)23-8-7-19-16;/h5-6,9,11-12,16,19H,7-8H2,1-4H3,(H,20,21);1H/t11?,12-,16+;/m1./s1. The van der Waals surface area contributed by atoms with Crippen LogP contribution < -0.4 is 15.4 Å². The van der Waals surface area contributed by atoms with Gasteiger partial charge in [0.25, 0.3) is 0 Å². The highest BCUT2D eigenvalue weighted by Gasteiger charge is 2.30. The summed E-state index contributed by atoms with van der Waals surface area (Å²) in [6.45, 7) is 7.13. The van der Waals surface area contributed by atoms with Gasteiger partial charge >= 0.3 is 0 Å². The number of amides is 1. The van der Waals surface area contributed by atoms with E-state index in [0.717, 1.165) is 28.0 Å². The zero-order valence-electron chi connectivity index (χ0n) is 14.9. The van der Waals surface area contributed by atoms with Crippen molar-refractivity contribution in [2.75, 3.05) is 20.3 Å². The van der Waals surface area contributed by atoms with E-state index in [0.29, 0.717) is 13.2 Å². The van der Waals surface area contributed by atoms with Crippen molar-refractivity contribution >= 4 is 29.3 Å². The lowest BCUT2D eigenvalue weighted by Gasteiger charge is -2.30. The second kappa shape index (κ2) is 8.08. The maximum absolute atomic E-state index is 12.5. The van der Waals surface area contributed by atoms with Crippen molar-refractivity contribution in [3.05, 3.63) is 29.5 Å². The van der Waals surface area contributed by atoms with Gasteiger partial charge in [-0.3, -0.25) is 4.79 Å². The molecule has 1 unspecified atom stereocenters. The molecule has 25 heavy (non-hydrogen) atoms. The average Bonchev–Trinajstić information content (AvgIpc) is 2.91. The number of nitrogens with one attached hydrogen (secondary N) is 2. The highest BCUT2D eigenvalue weighted by atomic mass is 35.5. The molecule has 2 aromatic rings. The van der Waals surface area contributed by atoms with Crippen LogP contribution in [0.4, 0.5) is 0 Å². The minimum atomic E-state index is -0.342. The zero-order chi connectivity index (χ0) is 17.3. The van der Waals surface area contributed by atoms with Crippen molar-refractivity contribution in [3.8, 4) is 5.75 Å². The highest BCUT2D eigenvalue weighted by Crippen LogP contribution is 2.32. The van der Waals surface area contributed by atoms with Crippen LogP contribution in [0.5, 0.6) is 5.75 Å². The predicted octanol–water partition coefficient (Wildman–Crippen LogP) is 2.73. The van der Waals surface area contributed by atoms with Crippen LogP contribution in [-0.2, 0) is 9.53 Å². The number of furan rings is 1. The largest absolute Gasteiger partial charge is 0.497 e. The molecule has 1 amide bonds. The van der Waals surface area contributed by atoms with E-state index >= 15 is 0 Å². The van der Waals surface area contributed by atoms with Crippen LogP contribution >= 0.6 is 12.4 Å². The van der Waals surface area contributed by atoms with Crippen LogP contribution in [0.2, 0.25) is 0 Å². The van der Waals surface area contributed by atoms with E-state index in [1.54, 1.807) is 7.11 Å². The number of morpholine rings is 1. The Bertz CT molecular complexity index is 746. The Morgan fingerprint density at radius 1 is 1.44 bits per heavy atom. The molecule has 1 fully saturated rings. The summed E-state index contributed by atoms with van der Waals surface area (Å²) in [7, 11) is 1.64. The van der Waals surface area contributed by atoms with Crippen LogP contribution in [0.25, 0.3) is 11.0 Å². The molecule has 2 N–H and O–H groups in total. The fourth-order valence-electron chi connectivity index (χ4n) is 3.16. The van der Waals surface area contributed by atoms with E-state index in [1.165, 1.54) is 0 Å². The minimum Gasteiger partial charge on any atom is -0.497 e. The van der Waals surface area contributed by atoms with Gasteiger partial charge in [0.15, 0.2) is 0 Å². The Hall–Kier alpha value is -1.76. The molecule has 138 valence electrons. The van der Waals surface area contributed by atoms with Gasteiger partial charge in [0, 0.05) is 17.5 Å². The zero-order valence-corrected chi connectivity index (χ0v) is 15.7. The second-order valence-electron chi connectivity index (χ2n) is 6.19. The van der Waals surface area contributed by atoms with Crippen LogP contribution in [0.3, 0.4) is 0 Å². The van der Waals surface area contributed by atoms with Gasteiger partial charge in [-0.25, -0.2) is 0 Å². The molecule has 3 rings (SSSR count). The van der Waals surface area contributed by atoms with Crippen molar-refractivity contribution in [1.29, 1.82) is 0 Å². The average molecular weight is 369 g/mol. The molecule has 0 radical (unpaired) electrons. The first kappa shape index (κ1) is 19.6. The Morgan fingerprint density at radius 2 is 2.20 bits per heavy atom. The van der Waals surface area contributed by atoms with Gasteiger partial charge in [-0.15, -0.1) is 12.4 Å². The molecule has 1 aliphatic rings. The predicted molar refractivity (Wildman–Crippen MR) is 98.5 cm³/mol. The summed E-state index contributed by atoms with van der Waals surface area (Å²) in [5.74, 6) is 1.47. The van der Waals surface area contributed by atoms with Gasteiger partial charge in [-0.05, 0) is 39.0 Å². The number of carbonyl (C=O) groups is 1. The second-order valence-corrected chi connectivity index (χ2v) is 6.19. The van der Waals surface area contributed by atoms with Crippen LogP contribution in [0.1, 0.15) is 31.2 Å². The molecule has 1 aliphatic heterocycles. The molecular weight excluding hydrogens is 344 g/mol. The van der Waals surface area contributed by atoms with E-state index in [1.807, 2.05) is 39.0 Å². The number of carbonyl (C=O) groups excluding carboxylic acids is 1. The fourth-order valence-corrected chi connectivity index (χ4v) is 3.16. The summed E-state index contributed by atoms with van der Waals surface area (Å²) in [6.07, 6.45) is -0.146. The highest BCUT2D eigenvalue weighted by molar-refractivity contribution is 5.86. The van der Waals surface area contributed by atoms with Gasteiger partial charge < -0.3 is 24.5 Å². The molecule has 1 aromatic heterocycles. The molecule has 3 atom stereocenters. The molecule has 1 saturated heterocycles. The smallest absolute Gasteiger partial charge is 0.240 e. The first-order valence-corrected chi connectivity index (χ1v) is 8.23. The molecule has 6 nitrogen and oxygen atoms in total. The van der Waals surface area contributed by atoms with Crippen LogP contribution in [0.15, 0.2) is 22.6 Å². The third-order valence-electron chi connectivity index (χ3n) is 4.53. The Labute approximate surface area is 153 Å². The van der Waals surface area contributed by atoms with Gasteiger partial charge in [-0.1, -0.05) is 0 Å². The molecule has 1 aromatic carbocycles. The Balaban J connectivity index is 0.00000225. The summed E-state index contributed by atoms with van der Waals surface area (Å²) in [5.41, 5.74) is 1.80. The number of benzene rings is 1. The fraction of sp³-hybridized carbons (Fsp3) is 0.500. The molecular formula is C18H25ClN2O4. The number of halogens is 1. The molecule has 7 heteroatoms. The number of rotatable bonds is 4. The molecule has 0 bridgehead atoms. The van der Waals surface area contributed by atoms with E-state index < -0.39 is 0 Å². The molecule has 0 spiro atoms. The van der Waals surface area contributed by atoms with E-state index in [4.69, 9.17) is 13.9 Å². The number of methoxy groups -OCH3 is 1. The number of ether oxygens (including phenoxy) is 2. The summed E-state index contributed by atoms with van der Waals surface area (Å²) in [5, 5.41) is 7.22. The number of hydrogen-bond acceptors (Lipinski definition) is 5. The topological polar surface area (TPSA) is 72.7 Å². The van der Waals surface area contributed by atoms with Crippen molar-refractivity contribution in [1.82, 2.24) is 10.6 Å².